The standard InChI is InChI=1S/C25H26FN3O5/c1-2-34-25(33)17-5-9-20(10-6-17)29-22(30)15-21(24(29)32)27-19-11-13-28(14-12-19)23(31)16-3-7-18(26)8-4-16/h3-10,19,21,27H,2,11-15H2,1H3/t21-/m0/s1. The number of likely N-dealkylation sites (tertiary alicyclic amines) is 1. The topological polar surface area (TPSA) is 96.0 Å². The van der Waals surface area contributed by atoms with E-state index in [4.69, 9.17) is 4.74 Å². The molecule has 34 heavy (non-hydrogen) atoms. The Kier molecular flexibility index (Phi) is 7.02. The van der Waals surface area contributed by atoms with Crippen molar-refractivity contribution in [2.45, 2.75) is 38.3 Å². The fourth-order valence-corrected chi connectivity index (χ4v) is 4.30. The van der Waals surface area contributed by atoms with Crippen LogP contribution in [0.15, 0.2) is 48.5 Å². The zero-order valence-corrected chi connectivity index (χ0v) is 18.8. The Morgan fingerprint density at radius 1 is 1.00 bits per heavy atom. The summed E-state index contributed by atoms with van der Waals surface area (Å²) in [5, 5.41) is 3.28. The first-order chi connectivity index (χ1) is 16.4. The van der Waals surface area contributed by atoms with Gasteiger partial charge in [0.2, 0.25) is 5.91 Å². The Morgan fingerprint density at radius 3 is 2.24 bits per heavy atom. The molecule has 0 bridgehead atoms. The number of benzene rings is 2. The van der Waals surface area contributed by atoms with Gasteiger partial charge in [-0.05, 0) is 68.3 Å². The molecule has 1 atom stereocenters. The quantitative estimate of drug-likeness (QED) is 0.518. The minimum Gasteiger partial charge on any atom is -0.462 e. The van der Waals surface area contributed by atoms with Gasteiger partial charge >= 0.3 is 5.97 Å². The molecule has 0 aromatic heterocycles. The maximum Gasteiger partial charge on any atom is 0.338 e. The van der Waals surface area contributed by atoms with Gasteiger partial charge in [-0.3, -0.25) is 14.4 Å². The summed E-state index contributed by atoms with van der Waals surface area (Å²) in [4.78, 5) is 52.8. The van der Waals surface area contributed by atoms with E-state index in [2.05, 4.69) is 5.32 Å². The van der Waals surface area contributed by atoms with Crippen LogP contribution in [0.2, 0.25) is 0 Å². The van der Waals surface area contributed by atoms with Crippen molar-refractivity contribution in [3.8, 4) is 0 Å². The number of nitrogens with one attached hydrogen (secondary N) is 1. The van der Waals surface area contributed by atoms with Crippen molar-refractivity contribution >= 4 is 29.4 Å². The Balaban J connectivity index is 1.33. The molecular formula is C25H26FN3O5. The van der Waals surface area contributed by atoms with Crippen LogP contribution in [0.25, 0.3) is 0 Å². The average Bonchev–Trinajstić information content (AvgIpc) is 3.12. The molecule has 4 rings (SSSR count). The normalized spacial score (nSPS) is 18.9. The van der Waals surface area contributed by atoms with Crippen LogP contribution in [-0.4, -0.2) is 60.4 Å². The van der Waals surface area contributed by atoms with Gasteiger partial charge in [-0.2, -0.15) is 0 Å². The predicted octanol–water partition coefficient (Wildman–Crippen LogP) is 2.53. The van der Waals surface area contributed by atoms with E-state index < -0.39 is 12.0 Å². The van der Waals surface area contributed by atoms with Crippen molar-refractivity contribution in [1.82, 2.24) is 10.2 Å². The lowest BCUT2D eigenvalue weighted by Gasteiger charge is -2.33. The molecule has 8 nitrogen and oxygen atoms in total. The largest absolute Gasteiger partial charge is 0.462 e. The van der Waals surface area contributed by atoms with Gasteiger partial charge in [0, 0.05) is 24.7 Å². The fraction of sp³-hybridized carbons (Fsp3) is 0.360. The van der Waals surface area contributed by atoms with Crippen molar-refractivity contribution in [3.63, 3.8) is 0 Å². The molecule has 0 spiro atoms. The molecule has 2 fully saturated rings. The third-order valence-corrected chi connectivity index (χ3v) is 6.09. The molecule has 0 saturated carbocycles. The highest BCUT2D eigenvalue weighted by atomic mass is 19.1. The minimum atomic E-state index is -0.637. The maximum atomic E-state index is 13.1. The van der Waals surface area contributed by atoms with Crippen LogP contribution in [0.4, 0.5) is 10.1 Å². The summed E-state index contributed by atoms with van der Waals surface area (Å²) in [5.74, 6) is -1.65. The molecule has 9 heteroatoms. The molecule has 178 valence electrons. The highest BCUT2D eigenvalue weighted by Gasteiger charge is 2.40. The van der Waals surface area contributed by atoms with Crippen LogP contribution in [0.1, 0.15) is 46.9 Å². The molecule has 2 aliphatic heterocycles. The number of hydrogen-bond donors (Lipinski definition) is 1. The summed E-state index contributed by atoms with van der Waals surface area (Å²) in [6, 6.07) is 11.0. The Morgan fingerprint density at radius 2 is 1.62 bits per heavy atom. The first-order valence-corrected chi connectivity index (χ1v) is 11.3. The van der Waals surface area contributed by atoms with Crippen LogP contribution in [-0.2, 0) is 14.3 Å². The van der Waals surface area contributed by atoms with Gasteiger partial charge in [0.1, 0.15) is 5.82 Å². The zero-order valence-electron chi connectivity index (χ0n) is 18.8. The van der Waals surface area contributed by atoms with Crippen LogP contribution >= 0.6 is 0 Å². The number of halogens is 1. The first kappa shape index (κ1) is 23.6. The number of carbonyl (C=O) groups excluding carboxylic acids is 4. The Bertz CT molecular complexity index is 1080. The molecule has 2 saturated heterocycles. The molecule has 2 aromatic carbocycles. The molecule has 0 unspecified atom stereocenters. The van der Waals surface area contributed by atoms with Crippen molar-refractivity contribution in [1.29, 1.82) is 0 Å². The monoisotopic (exact) mass is 467 g/mol. The number of imide groups is 1. The van der Waals surface area contributed by atoms with Gasteiger partial charge < -0.3 is 15.0 Å². The molecule has 2 aliphatic rings. The van der Waals surface area contributed by atoms with Crippen molar-refractivity contribution in [2.24, 2.45) is 0 Å². The van der Waals surface area contributed by atoms with Crippen LogP contribution in [0, 0.1) is 5.82 Å². The molecule has 2 aromatic rings. The molecule has 0 aliphatic carbocycles. The number of ether oxygens (including phenoxy) is 1. The van der Waals surface area contributed by atoms with Gasteiger partial charge in [0.15, 0.2) is 0 Å². The number of carbonyl (C=O) groups is 4. The molecule has 0 radical (unpaired) electrons. The van der Waals surface area contributed by atoms with Gasteiger partial charge in [-0.25, -0.2) is 14.1 Å². The van der Waals surface area contributed by atoms with Gasteiger partial charge in [-0.15, -0.1) is 0 Å². The summed E-state index contributed by atoms with van der Waals surface area (Å²) in [7, 11) is 0. The lowest BCUT2D eigenvalue weighted by atomic mass is 10.0. The lowest BCUT2D eigenvalue weighted by Crippen LogP contribution is -2.49. The summed E-state index contributed by atoms with van der Waals surface area (Å²) < 4.78 is 18.1. The second-order valence-electron chi connectivity index (χ2n) is 8.33. The molecule has 3 amide bonds. The number of nitrogens with zero attached hydrogens (tertiary/aromatic N) is 2. The molecular weight excluding hydrogens is 441 g/mol. The van der Waals surface area contributed by atoms with E-state index in [0.29, 0.717) is 42.7 Å². The van der Waals surface area contributed by atoms with E-state index in [1.807, 2.05) is 0 Å². The van der Waals surface area contributed by atoms with E-state index in [1.165, 1.54) is 36.4 Å². The second kappa shape index (κ2) is 10.1. The summed E-state index contributed by atoms with van der Waals surface area (Å²) in [5.41, 5.74) is 1.20. The predicted molar refractivity (Wildman–Crippen MR) is 122 cm³/mol. The summed E-state index contributed by atoms with van der Waals surface area (Å²) in [6.07, 6.45) is 1.32. The van der Waals surface area contributed by atoms with Gasteiger partial charge in [0.25, 0.3) is 11.8 Å². The smallest absolute Gasteiger partial charge is 0.338 e. The van der Waals surface area contributed by atoms with Crippen LogP contribution in [0.5, 0.6) is 0 Å². The average molecular weight is 467 g/mol. The summed E-state index contributed by atoms with van der Waals surface area (Å²) in [6.45, 7) is 2.98. The third kappa shape index (κ3) is 4.99. The van der Waals surface area contributed by atoms with E-state index in [1.54, 1.807) is 24.0 Å². The molecule has 2 heterocycles. The van der Waals surface area contributed by atoms with Crippen LogP contribution < -0.4 is 10.2 Å². The second-order valence-corrected chi connectivity index (χ2v) is 8.33. The Hall–Kier alpha value is -3.59. The first-order valence-electron chi connectivity index (χ1n) is 11.3. The third-order valence-electron chi connectivity index (χ3n) is 6.09. The highest BCUT2D eigenvalue weighted by molar-refractivity contribution is 6.22. The van der Waals surface area contributed by atoms with Crippen molar-refractivity contribution < 1.29 is 28.3 Å². The van der Waals surface area contributed by atoms with E-state index in [-0.39, 0.29) is 42.6 Å². The van der Waals surface area contributed by atoms with E-state index in [9.17, 15) is 23.6 Å². The summed E-state index contributed by atoms with van der Waals surface area (Å²) >= 11 is 0. The number of amides is 3. The number of piperidine rings is 1. The number of esters is 1. The zero-order chi connectivity index (χ0) is 24.2. The number of hydrogen-bond acceptors (Lipinski definition) is 6. The van der Waals surface area contributed by atoms with E-state index >= 15 is 0 Å². The maximum absolute atomic E-state index is 13.1. The fourth-order valence-electron chi connectivity index (χ4n) is 4.30. The minimum absolute atomic E-state index is 0.00911. The number of rotatable bonds is 6. The number of anilines is 1. The Labute approximate surface area is 196 Å². The van der Waals surface area contributed by atoms with Gasteiger partial charge in [0.05, 0.1) is 30.3 Å². The lowest BCUT2D eigenvalue weighted by molar-refractivity contribution is -0.121. The van der Waals surface area contributed by atoms with Crippen LogP contribution in [0.3, 0.4) is 0 Å². The SMILES string of the molecule is CCOC(=O)c1ccc(N2C(=O)C[C@H](NC3CCN(C(=O)c4ccc(F)cc4)CC3)C2=O)cc1. The molecule has 1 N–H and O–H groups in total. The van der Waals surface area contributed by atoms with Crippen molar-refractivity contribution in [3.05, 3.63) is 65.5 Å². The van der Waals surface area contributed by atoms with E-state index in [0.717, 1.165) is 4.90 Å². The van der Waals surface area contributed by atoms with Gasteiger partial charge in [-0.1, -0.05) is 0 Å². The van der Waals surface area contributed by atoms with Crippen molar-refractivity contribution in [2.75, 3.05) is 24.6 Å². The highest BCUT2D eigenvalue weighted by Crippen LogP contribution is 2.25.